The molecule has 0 saturated heterocycles. The Balaban J connectivity index is 2.21. The Kier molecular flexibility index (Phi) is 3.71. The normalized spacial score (nSPS) is 10.0. The molecular formula is C14H13FN4. The van der Waals surface area contributed by atoms with Gasteiger partial charge in [0.2, 0.25) is 0 Å². The lowest BCUT2D eigenvalue weighted by Gasteiger charge is -2.09. The fourth-order valence-corrected chi connectivity index (χ4v) is 1.70. The molecule has 1 N–H and O–H groups in total. The van der Waals surface area contributed by atoms with Crippen molar-refractivity contribution in [3.8, 4) is 6.07 Å². The number of rotatable bonds is 3. The van der Waals surface area contributed by atoms with Crippen LogP contribution < -0.4 is 5.32 Å². The molecule has 19 heavy (non-hydrogen) atoms. The van der Waals surface area contributed by atoms with Crippen molar-refractivity contribution >= 4 is 5.82 Å². The zero-order valence-corrected chi connectivity index (χ0v) is 10.7. The number of anilines is 1. The average molecular weight is 256 g/mol. The number of aryl methyl sites for hydroxylation is 1. The van der Waals surface area contributed by atoms with E-state index in [9.17, 15) is 4.39 Å². The molecular weight excluding hydrogens is 243 g/mol. The summed E-state index contributed by atoms with van der Waals surface area (Å²) >= 11 is 0. The Morgan fingerprint density at radius 3 is 2.79 bits per heavy atom. The molecule has 0 unspecified atom stereocenters. The van der Waals surface area contributed by atoms with Gasteiger partial charge in [-0.1, -0.05) is 12.1 Å². The van der Waals surface area contributed by atoms with Crippen LogP contribution in [-0.4, -0.2) is 10.2 Å². The maximum absolute atomic E-state index is 13.0. The number of aromatic nitrogens is 2. The number of nitrogens with one attached hydrogen (secondary N) is 1. The van der Waals surface area contributed by atoms with Crippen LogP contribution in [0.1, 0.15) is 22.4 Å². The monoisotopic (exact) mass is 256 g/mol. The Labute approximate surface area is 110 Å². The van der Waals surface area contributed by atoms with Crippen molar-refractivity contribution in [1.82, 2.24) is 10.2 Å². The Morgan fingerprint density at radius 2 is 2.11 bits per heavy atom. The first-order valence-corrected chi connectivity index (χ1v) is 5.84. The summed E-state index contributed by atoms with van der Waals surface area (Å²) in [6.07, 6.45) is 0. The van der Waals surface area contributed by atoms with Crippen LogP contribution in [0.5, 0.6) is 0 Å². The minimum Gasteiger partial charge on any atom is -0.363 e. The van der Waals surface area contributed by atoms with Gasteiger partial charge in [0, 0.05) is 6.54 Å². The summed E-state index contributed by atoms with van der Waals surface area (Å²) in [6.45, 7) is 4.03. The number of hydrogen-bond acceptors (Lipinski definition) is 4. The van der Waals surface area contributed by atoms with Gasteiger partial charge in [0.05, 0.1) is 5.69 Å². The summed E-state index contributed by atoms with van der Waals surface area (Å²) in [6, 6.07) is 8.38. The molecule has 0 saturated carbocycles. The summed E-state index contributed by atoms with van der Waals surface area (Å²) in [7, 11) is 0. The van der Waals surface area contributed by atoms with E-state index < -0.39 is 0 Å². The van der Waals surface area contributed by atoms with Gasteiger partial charge in [-0.05, 0) is 37.1 Å². The molecule has 0 bridgehead atoms. The topological polar surface area (TPSA) is 61.6 Å². The third-order valence-electron chi connectivity index (χ3n) is 2.92. The summed E-state index contributed by atoms with van der Waals surface area (Å²) in [5.41, 5.74) is 2.79. The minimum absolute atomic E-state index is 0.286. The summed E-state index contributed by atoms with van der Waals surface area (Å²) < 4.78 is 13.0. The molecule has 0 radical (unpaired) electrons. The van der Waals surface area contributed by atoms with Crippen molar-refractivity contribution < 1.29 is 4.39 Å². The van der Waals surface area contributed by atoms with E-state index in [2.05, 4.69) is 21.6 Å². The van der Waals surface area contributed by atoms with Crippen molar-refractivity contribution in [2.45, 2.75) is 20.4 Å². The van der Waals surface area contributed by atoms with Crippen LogP contribution in [0.3, 0.4) is 0 Å². The number of halogens is 1. The van der Waals surface area contributed by atoms with Gasteiger partial charge in [0.15, 0.2) is 5.82 Å². The molecule has 4 nitrogen and oxygen atoms in total. The predicted octanol–water partition coefficient (Wildman–Crippen LogP) is 2.72. The predicted molar refractivity (Wildman–Crippen MR) is 69.9 cm³/mol. The largest absolute Gasteiger partial charge is 0.363 e. The number of nitrogens with zero attached hydrogens (tertiary/aromatic N) is 3. The van der Waals surface area contributed by atoms with E-state index in [0.717, 1.165) is 16.8 Å². The maximum atomic E-state index is 13.0. The van der Waals surface area contributed by atoms with Gasteiger partial charge in [-0.25, -0.2) is 4.39 Å². The van der Waals surface area contributed by atoms with Gasteiger partial charge in [-0.3, -0.25) is 0 Å². The molecule has 96 valence electrons. The zero-order valence-electron chi connectivity index (χ0n) is 10.7. The van der Waals surface area contributed by atoms with Crippen LogP contribution in [-0.2, 0) is 6.54 Å². The van der Waals surface area contributed by atoms with Crippen molar-refractivity contribution in [2.24, 2.45) is 0 Å². The molecule has 0 spiro atoms. The van der Waals surface area contributed by atoms with E-state index in [1.54, 1.807) is 19.1 Å². The van der Waals surface area contributed by atoms with Gasteiger partial charge in [-0.15, -0.1) is 5.10 Å². The van der Waals surface area contributed by atoms with Crippen LogP contribution >= 0.6 is 0 Å². The van der Waals surface area contributed by atoms with Crippen LogP contribution in [0.4, 0.5) is 10.2 Å². The van der Waals surface area contributed by atoms with Crippen molar-refractivity contribution in [2.75, 3.05) is 5.32 Å². The number of benzene rings is 1. The Hall–Kier alpha value is -2.48. The Morgan fingerprint density at radius 1 is 1.32 bits per heavy atom. The first-order valence-electron chi connectivity index (χ1n) is 5.84. The molecule has 2 rings (SSSR count). The molecule has 5 heteroatoms. The number of hydrogen-bond donors (Lipinski definition) is 1. The van der Waals surface area contributed by atoms with Crippen LogP contribution in [0.25, 0.3) is 0 Å². The highest BCUT2D eigenvalue weighted by molar-refractivity contribution is 5.55. The third-order valence-corrected chi connectivity index (χ3v) is 2.92. The van der Waals surface area contributed by atoms with Gasteiger partial charge in [-0.2, -0.15) is 10.4 Å². The molecule has 1 aromatic carbocycles. The second-order valence-corrected chi connectivity index (χ2v) is 4.23. The van der Waals surface area contributed by atoms with E-state index in [-0.39, 0.29) is 5.82 Å². The lowest BCUT2D eigenvalue weighted by molar-refractivity contribution is 0.626. The van der Waals surface area contributed by atoms with E-state index in [0.29, 0.717) is 17.9 Å². The number of nitriles is 1. The zero-order chi connectivity index (χ0) is 13.8. The quantitative estimate of drug-likeness (QED) is 0.917. The van der Waals surface area contributed by atoms with Crippen LogP contribution in [0.15, 0.2) is 24.3 Å². The van der Waals surface area contributed by atoms with Crippen LogP contribution in [0, 0.1) is 31.0 Å². The van der Waals surface area contributed by atoms with Gasteiger partial charge >= 0.3 is 0 Å². The maximum Gasteiger partial charge on any atom is 0.167 e. The van der Waals surface area contributed by atoms with E-state index in [4.69, 9.17) is 5.26 Å². The smallest absolute Gasteiger partial charge is 0.167 e. The molecule has 0 fully saturated rings. The molecule has 0 atom stereocenters. The molecule has 2 aromatic rings. The molecule has 0 aliphatic rings. The molecule has 1 heterocycles. The van der Waals surface area contributed by atoms with Crippen LogP contribution in [0.2, 0.25) is 0 Å². The highest BCUT2D eigenvalue weighted by Crippen LogP contribution is 2.17. The second-order valence-electron chi connectivity index (χ2n) is 4.23. The summed E-state index contributed by atoms with van der Waals surface area (Å²) in [5.74, 6) is 0.140. The lowest BCUT2D eigenvalue weighted by Crippen LogP contribution is -2.07. The van der Waals surface area contributed by atoms with Crippen molar-refractivity contribution in [3.63, 3.8) is 0 Å². The average Bonchev–Trinajstić information content (AvgIpc) is 2.40. The summed E-state index contributed by atoms with van der Waals surface area (Å²) in [5, 5.41) is 20.1. The van der Waals surface area contributed by atoms with Crippen molar-refractivity contribution in [3.05, 3.63) is 52.5 Å². The molecule has 1 aromatic heterocycles. The minimum atomic E-state index is -0.286. The van der Waals surface area contributed by atoms with E-state index in [1.807, 2.05) is 6.92 Å². The molecule has 0 amide bonds. The first kappa shape index (κ1) is 13.0. The highest BCUT2D eigenvalue weighted by atomic mass is 19.1. The van der Waals surface area contributed by atoms with Gasteiger partial charge < -0.3 is 5.32 Å². The fourth-order valence-electron chi connectivity index (χ4n) is 1.70. The highest BCUT2D eigenvalue weighted by Gasteiger charge is 2.10. The molecule has 0 aliphatic heterocycles. The van der Waals surface area contributed by atoms with Crippen molar-refractivity contribution in [1.29, 1.82) is 5.26 Å². The lowest BCUT2D eigenvalue weighted by atomic mass is 10.1. The fraction of sp³-hybridized carbons (Fsp3) is 0.214. The standard InChI is InChI=1S/C14H13FN4/c1-9-10(2)18-19-14(13(9)7-16)17-8-11-4-3-5-12(15)6-11/h3-6H,8H2,1-2H3,(H,17,19). The van der Waals surface area contributed by atoms with E-state index >= 15 is 0 Å². The van der Waals surface area contributed by atoms with Gasteiger partial charge in [0.25, 0.3) is 0 Å². The SMILES string of the molecule is Cc1nnc(NCc2cccc(F)c2)c(C#N)c1C. The molecule has 0 aliphatic carbocycles. The third kappa shape index (κ3) is 2.86. The van der Waals surface area contributed by atoms with Gasteiger partial charge in [0.1, 0.15) is 17.4 Å². The van der Waals surface area contributed by atoms with E-state index in [1.165, 1.54) is 12.1 Å². The summed E-state index contributed by atoms with van der Waals surface area (Å²) in [4.78, 5) is 0. The second kappa shape index (κ2) is 5.44. The Bertz CT molecular complexity index is 646. The first-order chi connectivity index (χ1) is 9.11.